The van der Waals surface area contributed by atoms with Crippen LogP contribution in [0.4, 0.5) is 28.0 Å². The number of amides is 3. The number of nitrogens with one attached hydrogen (secondary N) is 1. The van der Waals surface area contributed by atoms with Crippen molar-refractivity contribution < 1.29 is 36.7 Å². The molecule has 304 valence electrons. The van der Waals surface area contributed by atoms with Crippen LogP contribution in [-0.4, -0.2) is 78.8 Å². The molecule has 15 heteroatoms. The highest BCUT2D eigenvalue weighted by molar-refractivity contribution is 6.03. The molecule has 59 heavy (non-hydrogen) atoms. The van der Waals surface area contributed by atoms with Crippen molar-refractivity contribution in [2.45, 2.75) is 38.1 Å². The van der Waals surface area contributed by atoms with Crippen molar-refractivity contribution in [3.8, 4) is 11.3 Å². The highest BCUT2D eigenvalue weighted by Gasteiger charge is 2.45. The Hall–Kier alpha value is -6.77. The Labute approximate surface area is 337 Å². The third-order valence-electron chi connectivity index (χ3n) is 10.0. The topological polar surface area (TPSA) is 115 Å². The fourth-order valence-corrected chi connectivity index (χ4v) is 7.29. The van der Waals surface area contributed by atoms with E-state index in [1.165, 1.54) is 44.4 Å². The molecule has 1 aliphatic rings. The second-order valence-corrected chi connectivity index (χ2v) is 15.1. The first-order chi connectivity index (χ1) is 28.1. The predicted octanol–water partition coefficient (Wildman–Crippen LogP) is 8.23. The van der Waals surface area contributed by atoms with E-state index in [1.807, 2.05) is 91.0 Å². The molecule has 0 bridgehead atoms. The molecule has 0 spiro atoms. The summed E-state index contributed by atoms with van der Waals surface area (Å²) in [4.78, 5) is 46.3. The van der Waals surface area contributed by atoms with Gasteiger partial charge in [0.15, 0.2) is 11.5 Å². The van der Waals surface area contributed by atoms with Crippen LogP contribution in [0, 0.1) is 5.82 Å². The van der Waals surface area contributed by atoms with E-state index in [0.29, 0.717) is 16.7 Å². The molecule has 7 rings (SSSR count). The Morgan fingerprint density at radius 3 is 1.76 bits per heavy atom. The first-order valence-corrected chi connectivity index (χ1v) is 18.8. The molecule has 3 amide bonds. The Kier molecular flexibility index (Phi) is 10.9. The molecule has 2 aromatic heterocycles. The molecular formula is C44H41F4N7O4. The lowest BCUT2D eigenvalue weighted by Crippen LogP contribution is -2.51. The molecule has 6 aromatic rings. The molecule has 0 aliphatic carbocycles. The smallest absolute Gasteiger partial charge is 0.435 e. The van der Waals surface area contributed by atoms with Gasteiger partial charge in [0.25, 0.3) is 11.8 Å². The molecule has 4 aromatic carbocycles. The van der Waals surface area contributed by atoms with Gasteiger partial charge in [-0.05, 0) is 55.7 Å². The third-order valence-corrected chi connectivity index (χ3v) is 10.0. The number of benzene rings is 4. The number of halogens is 4. The van der Waals surface area contributed by atoms with Gasteiger partial charge in [0.1, 0.15) is 17.0 Å². The highest BCUT2D eigenvalue weighted by Crippen LogP contribution is 2.44. The molecule has 1 aliphatic heterocycles. The SMILES string of the molecule is Cn1c(-c2cn(C(c3ccccc3)(c3ccccc3)c3ccccc3)nc2C(F)(F)F)cnc1C(=O)Nc1ccc(C(=O)N2CCN(C(=O)OC(C)(C)C)CC2)c(F)c1. The number of nitrogens with zero attached hydrogens (tertiary/aromatic N) is 6. The summed E-state index contributed by atoms with van der Waals surface area (Å²) in [5.41, 5.74) is -1.85. The van der Waals surface area contributed by atoms with Gasteiger partial charge in [0.2, 0.25) is 0 Å². The number of rotatable bonds is 8. The Morgan fingerprint density at radius 1 is 0.746 bits per heavy atom. The second kappa shape index (κ2) is 15.9. The van der Waals surface area contributed by atoms with E-state index in [2.05, 4.69) is 15.4 Å². The van der Waals surface area contributed by atoms with Gasteiger partial charge in [-0.2, -0.15) is 18.3 Å². The standard InChI is InChI=1S/C44H41F4N7O4/c1-42(2,3)59-41(58)54-24-22-53(23-25-54)40(57)33-21-20-32(26-35(33)45)50-39(56)38-49-27-36(52(38)4)34-28-55(51-37(34)44(46,47)48)43(29-14-8-5-9-15-29,30-16-10-6-11-17-30)31-18-12-7-13-19-31/h5-21,26-28H,22-25H2,1-4H3,(H,50,56). The first kappa shape index (κ1) is 40.4. The maximum absolute atomic E-state index is 15.4. The van der Waals surface area contributed by atoms with E-state index in [0.717, 1.165) is 12.3 Å². The van der Waals surface area contributed by atoms with E-state index in [9.17, 15) is 14.4 Å². The van der Waals surface area contributed by atoms with Gasteiger partial charge in [0.05, 0.1) is 23.0 Å². The average Bonchev–Trinajstić information content (AvgIpc) is 3.83. The number of aromatic nitrogens is 4. The van der Waals surface area contributed by atoms with E-state index in [-0.39, 0.29) is 54.5 Å². The zero-order valence-electron chi connectivity index (χ0n) is 32.7. The predicted molar refractivity (Wildman–Crippen MR) is 212 cm³/mol. The lowest BCUT2D eigenvalue weighted by molar-refractivity contribution is -0.141. The van der Waals surface area contributed by atoms with Crippen molar-refractivity contribution in [1.82, 2.24) is 29.1 Å². The monoisotopic (exact) mass is 807 g/mol. The number of piperazine rings is 1. The van der Waals surface area contributed by atoms with Crippen LogP contribution in [0.5, 0.6) is 0 Å². The summed E-state index contributed by atoms with van der Waals surface area (Å²) in [7, 11) is 1.40. The molecule has 0 unspecified atom stereocenters. The van der Waals surface area contributed by atoms with Crippen molar-refractivity contribution in [2.24, 2.45) is 7.05 Å². The fourth-order valence-electron chi connectivity index (χ4n) is 7.29. The molecule has 11 nitrogen and oxygen atoms in total. The number of ether oxygens (including phenoxy) is 1. The minimum absolute atomic E-state index is 0.00879. The van der Waals surface area contributed by atoms with Crippen molar-refractivity contribution in [3.05, 3.63) is 161 Å². The van der Waals surface area contributed by atoms with Crippen LogP contribution >= 0.6 is 0 Å². The van der Waals surface area contributed by atoms with Gasteiger partial charge in [-0.25, -0.2) is 14.2 Å². The van der Waals surface area contributed by atoms with Gasteiger partial charge in [-0.1, -0.05) is 91.0 Å². The highest BCUT2D eigenvalue weighted by atomic mass is 19.4. The number of carbonyl (C=O) groups excluding carboxylic acids is 3. The van der Waals surface area contributed by atoms with Crippen LogP contribution in [0.25, 0.3) is 11.3 Å². The maximum Gasteiger partial charge on any atom is 0.435 e. The number of imidazole rings is 1. The quantitative estimate of drug-likeness (QED) is 0.123. The van der Waals surface area contributed by atoms with Crippen LogP contribution in [-0.2, 0) is 23.5 Å². The first-order valence-electron chi connectivity index (χ1n) is 18.8. The van der Waals surface area contributed by atoms with Gasteiger partial charge >= 0.3 is 12.3 Å². The molecule has 1 N–H and O–H groups in total. The van der Waals surface area contributed by atoms with Crippen molar-refractivity contribution in [3.63, 3.8) is 0 Å². The Morgan fingerprint density at radius 2 is 1.27 bits per heavy atom. The number of alkyl halides is 3. The largest absolute Gasteiger partial charge is 0.444 e. The van der Waals surface area contributed by atoms with Crippen molar-refractivity contribution >= 4 is 23.6 Å². The van der Waals surface area contributed by atoms with E-state index >= 15 is 17.6 Å². The molecule has 3 heterocycles. The summed E-state index contributed by atoms with van der Waals surface area (Å²) in [5, 5.41) is 6.80. The Bertz CT molecular complexity index is 2380. The third kappa shape index (κ3) is 8.05. The van der Waals surface area contributed by atoms with Crippen LogP contribution in [0.3, 0.4) is 0 Å². The van der Waals surface area contributed by atoms with Crippen molar-refractivity contribution in [1.29, 1.82) is 0 Å². The summed E-state index contributed by atoms with van der Waals surface area (Å²) in [5.74, 6) is -2.58. The van der Waals surface area contributed by atoms with Crippen molar-refractivity contribution in [2.75, 3.05) is 31.5 Å². The lowest BCUT2D eigenvalue weighted by atomic mass is 9.77. The average molecular weight is 808 g/mol. The molecule has 0 atom stereocenters. The minimum atomic E-state index is -4.91. The van der Waals surface area contributed by atoms with Crippen LogP contribution in [0.1, 0.15) is 64.1 Å². The molecule has 1 saturated heterocycles. The maximum atomic E-state index is 15.4. The van der Waals surface area contributed by atoms with E-state index < -0.39 is 46.7 Å². The fraction of sp³-hybridized carbons (Fsp3) is 0.250. The van der Waals surface area contributed by atoms with Gasteiger partial charge < -0.3 is 24.4 Å². The zero-order chi connectivity index (χ0) is 42.1. The van der Waals surface area contributed by atoms with Crippen LogP contribution in [0.2, 0.25) is 0 Å². The normalized spacial score (nSPS) is 13.6. The van der Waals surface area contributed by atoms with Crippen LogP contribution < -0.4 is 5.32 Å². The van der Waals surface area contributed by atoms with E-state index in [1.54, 1.807) is 20.8 Å². The second-order valence-electron chi connectivity index (χ2n) is 15.1. The summed E-state index contributed by atoms with van der Waals surface area (Å²) in [6, 6.07) is 30.9. The molecule has 0 radical (unpaired) electrons. The number of hydrogen-bond donors (Lipinski definition) is 1. The zero-order valence-corrected chi connectivity index (χ0v) is 32.7. The molecular weight excluding hydrogens is 767 g/mol. The van der Waals surface area contributed by atoms with Gasteiger partial charge in [0, 0.05) is 45.1 Å². The van der Waals surface area contributed by atoms with Gasteiger partial charge in [-0.15, -0.1) is 0 Å². The lowest BCUT2D eigenvalue weighted by Gasteiger charge is -2.36. The summed E-state index contributed by atoms with van der Waals surface area (Å²) < 4.78 is 68.4. The molecule has 1 fully saturated rings. The van der Waals surface area contributed by atoms with E-state index in [4.69, 9.17) is 4.74 Å². The summed E-state index contributed by atoms with van der Waals surface area (Å²) >= 11 is 0. The number of anilines is 1. The summed E-state index contributed by atoms with van der Waals surface area (Å²) in [6.45, 7) is 6.02. The van der Waals surface area contributed by atoms with Gasteiger partial charge in [-0.3, -0.25) is 14.3 Å². The molecule has 0 saturated carbocycles. The summed E-state index contributed by atoms with van der Waals surface area (Å²) in [6.07, 6.45) is -2.93. The van der Waals surface area contributed by atoms with Crippen LogP contribution in [0.15, 0.2) is 122 Å². The number of hydrogen-bond acceptors (Lipinski definition) is 6. The Balaban J connectivity index is 1.17. The minimum Gasteiger partial charge on any atom is -0.444 e. The number of carbonyl (C=O) groups is 3.